The van der Waals surface area contributed by atoms with Gasteiger partial charge in [-0.1, -0.05) is 22.0 Å². The molecule has 0 saturated carbocycles. The average Bonchev–Trinajstić information content (AvgIpc) is 3.16. The largest absolute Gasteiger partial charge is 0.342 e. The standard InChI is InChI=1S/C23H21BrF2N2O3/c24-16-2-1-3-18(11-16)28-13-15(10-21(28)29)23(31)27-8-6-14(7-9-27)22(30)19-12-17(25)4-5-20(19)26/h1-5,11-12,14-15H,6-10,13H2. The van der Waals surface area contributed by atoms with E-state index in [2.05, 4.69) is 15.9 Å². The van der Waals surface area contributed by atoms with E-state index >= 15 is 0 Å². The highest BCUT2D eigenvalue weighted by atomic mass is 79.9. The topological polar surface area (TPSA) is 57.7 Å². The fourth-order valence-electron chi connectivity index (χ4n) is 4.29. The molecule has 1 atom stereocenters. The highest BCUT2D eigenvalue weighted by molar-refractivity contribution is 9.10. The van der Waals surface area contributed by atoms with Crippen LogP contribution in [-0.2, 0) is 9.59 Å². The molecule has 2 heterocycles. The van der Waals surface area contributed by atoms with Crippen LogP contribution in [0.25, 0.3) is 0 Å². The van der Waals surface area contributed by atoms with Gasteiger partial charge in [-0.2, -0.15) is 0 Å². The number of halogens is 3. The summed E-state index contributed by atoms with van der Waals surface area (Å²) in [7, 11) is 0. The summed E-state index contributed by atoms with van der Waals surface area (Å²) >= 11 is 3.39. The number of benzene rings is 2. The van der Waals surface area contributed by atoms with E-state index < -0.39 is 29.3 Å². The molecule has 162 valence electrons. The summed E-state index contributed by atoms with van der Waals surface area (Å²) in [5, 5.41) is 0. The van der Waals surface area contributed by atoms with E-state index in [1.807, 2.05) is 24.3 Å². The molecule has 8 heteroatoms. The van der Waals surface area contributed by atoms with Crippen LogP contribution in [0, 0.1) is 23.5 Å². The molecule has 0 aliphatic carbocycles. The van der Waals surface area contributed by atoms with Crippen molar-refractivity contribution in [1.82, 2.24) is 4.90 Å². The number of hydrogen-bond donors (Lipinski definition) is 0. The van der Waals surface area contributed by atoms with E-state index in [0.717, 1.165) is 28.4 Å². The molecule has 2 fully saturated rings. The van der Waals surface area contributed by atoms with Crippen molar-refractivity contribution in [3.63, 3.8) is 0 Å². The third kappa shape index (κ3) is 4.54. The van der Waals surface area contributed by atoms with Gasteiger partial charge in [0.15, 0.2) is 5.78 Å². The molecule has 0 radical (unpaired) electrons. The van der Waals surface area contributed by atoms with E-state index in [-0.39, 0.29) is 23.8 Å². The number of amides is 2. The summed E-state index contributed by atoms with van der Waals surface area (Å²) in [5.41, 5.74) is 0.506. The van der Waals surface area contributed by atoms with Crippen molar-refractivity contribution in [2.75, 3.05) is 24.5 Å². The summed E-state index contributed by atoms with van der Waals surface area (Å²) in [6.07, 6.45) is 0.922. The Balaban J connectivity index is 1.37. The molecule has 0 bridgehead atoms. The molecular formula is C23H21BrF2N2O3. The summed E-state index contributed by atoms with van der Waals surface area (Å²) < 4.78 is 28.2. The van der Waals surface area contributed by atoms with Crippen molar-refractivity contribution in [2.45, 2.75) is 19.3 Å². The zero-order chi connectivity index (χ0) is 22.1. The van der Waals surface area contributed by atoms with Gasteiger partial charge in [-0.3, -0.25) is 14.4 Å². The van der Waals surface area contributed by atoms with Crippen molar-refractivity contribution in [3.8, 4) is 0 Å². The molecule has 2 saturated heterocycles. The first-order chi connectivity index (χ1) is 14.8. The minimum atomic E-state index is -0.734. The number of ketones is 1. The zero-order valence-electron chi connectivity index (χ0n) is 16.7. The van der Waals surface area contributed by atoms with Crippen LogP contribution in [0.4, 0.5) is 14.5 Å². The SMILES string of the molecule is O=C(c1cc(F)ccc1F)C1CCN(C(=O)C2CC(=O)N(c3cccc(Br)c3)C2)CC1. The Labute approximate surface area is 187 Å². The van der Waals surface area contributed by atoms with Gasteiger partial charge in [0, 0.05) is 42.1 Å². The van der Waals surface area contributed by atoms with Gasteiger partial charge in [0.2, 0.25) is 11.8 Å². The summed E-state index contributed by atoms with van der Waals surface area (Å²) in [6, 6.07) is 10.2. The molecule has 31 heavy (non-hydrogen) atoms. The van der Waals surface area contributed by atoms with E-state index in [1.165, 1.54) is 0 Å². The predicted molar refractivity (Wildman–Crippen MR) is 115 cm³/mol. The Morgan fingerprint density at radius 1 is 1.00 bits per heavy atom. The van der Waals surface area contributed by atoms with Crippen molar-refractivity contribution in [2.24, 2.45) is 11.8 Å². The molecule has 2 aromatic rings. The number of nitrogens with zero attached hydrogens (tertiary/aromatic N) is 2. The lowest BCUT2D eigenvalue weighted by Crippen LogP contribution is -2.43. The maximum absolute atomic E-state index is 13.9. The number of likely N-dealkylation sites (tertiary alicyclic amines) is 1. The fourth-order valence-corrected chi connectivity index (χ4v) is 4.68. The van der Waals surface area contributed by atoms with Crippen LogP contribution in [0.15, 0.2) is 46.9 Å². The third-order valence-corrected chi connectivity index (χ3v) is 6.46. The lowest BCUT2D eigenvalue weighted by Gasteiger charge is -2.33. The number of hydrogen-bond acceptors (Lipinski definition) is 3. The van der Waals surface area contributed by atoms with Crippen LogP contribution in [0.5, 0.6) is 0 Å². The first-order valence-electron chi connectivity index (χ1n) is 10.2. The van der Waals surface area contributed by atoms with Crippen LogP contribution in [-0.4, -0.2) is 42.1 Å². The first-order valence-corrected chi connectivity index (χ1v) is 11.0. The summed E-state index contributed by atoms with van der Waals surface area (Å²) in [5.74, 6) is -2.90. The lowest BCUT2D eigenvalue weighted by atomic mass is 9.88. The molecule has 2 amide bonds. The van der Waals surface area contributed by atoms with Crippen molar-refractivity contribution in [1.29, 1.82) is 0 Å². The second kappa shape index (κ2) is 8.86. The molecule has 0 spiro atoms. The Hall–Kier alpha value is -2.61. The van der Waals surface area contributed by atoms with Crippen LogP contribution < -0.4 is 4.90 Å². The van der Waals surface area contributed by atoms with E-state index in [1.54, 1.807) is 9.80 Å². The molecule has 1 unspecified atom stereocenters. The average molecular weight is 491 g/mol. The smallest absolute Gasteiger partial charge is 0.228 e. The highest BCUT2D eigenvalue weighted by Gasteiger charge is 2.39. The maximum Gasteiger partial charge on any atom is 0.228 e. The van der Waals surface area contributed by atoms with Gasteiger partial charge in [-0.05, 0) is 49.2 Å². The van der Waals surface area contributed by atoms with Crippen LogP contribution in [0.2, 0.25) is 0 Å². The Bertz CT molecular complexity index is 1040. The van der Waals surface area contributed by atoms with Gasteiger partial charge < -0.3 is 9.80 Å². The van der Waals surface area contributed by atoms with E-state index in [9.17, 15) is 23.2 Å². The number of rotatable bonds is 4. The zero-order valence-corrected chi connectivity index (χ0v) is 18.3. The molecule has 0 aromatic heterocycles. The van der Waals surface area contributed by atoms with Crippen molar-refractivity contribution in [3.05, 3.63) is 64.1 Å². The monoisotopic (exact) mass is 490 g/mol. The van der Waals surface area contributed by atoms with Gasteiger partial charge in [0.05, 0.1) is 11.5 Å². The quantitative estimate of drug-likeness (QED) is 0.603. The van der Waals surface area contributed by atoms with Gasteiger partial charge >= 0.3 is 0 Å². The molecule has 4 rings (SSSR count). The molecule has 5 nitrogen and oxygen atoms in total. The first kappa shape index (κ1) is 21.6. The van der Waals surface area contributed by atoms with Crippen LogP contribution in [0.1, 0.15) is 29.6 Å². The minimum Gasteiger partial charge on any atom is -0.342 e. The Morgan fingerprint density at radius 2 is 1.74 bits per heavy atom. The van der Waals surface area contributed by atoms with Crippen LogP contribution >= 0.6 is 15.9 Å². The van der Waals surface area contributed by atoms with E-state index in [4.69, 9.17) is 0 Å². The van der Waals surface area contributed by atoms with Gasteiger partial charge in [0.1, 0.15) is 11.6 Å². The van der Waals surface area contributed by atoms with Crippen LogP contribution in [0.3, 0.4) is 0 Å². The second-order valence-electron chi connectivity index (χ2n) is 7.97. The van der Waals surface area contributed by atoms with Gasteiger partial charge in [-0.25, -0.2) is 8.78 Å². The van der Waals surface area contributed by atoms with Gasteiger partial charge in [-0.15, -0.1) is 0 Å². The Kier molecular flexibility index (Phi) is 6.18. The molecule has 2 aromatic carbocycles. The molecule has 2 aliphatic heterocycles. The molecule has 2 aliphatic rings. The second-order valence-corrected chi connectivity index (χ2v) is 8.89. The predicted octanol–water partition coefficient (Wildman–Crippen LogP) is 4.20. The number of carbonyl (C=O) groups excluding carboxylic acids is 3. The fraction of sp³-hybridized carbons (Fsp3) is 0.348. The lowest BCUT2D eigenvalue weighted by molar-refractivity contribution is -0.137. The minimum absolute atomic E-state index is 0.0944. The summed E-state index contributed by atoms with van der Waals surface area (Å²) in [4.78, 5) is 41.4. The van der Waals surface area contributed by atoms with Gasteiger partial charge in [0.25, 0.3) is 0 Å². The number of carbonyl (C=O) groups is 3. The highest BCUT2D eigenvalue weighted by Crippen LogP contribution is 2.30. The maximum atomic E-state index is 13.9. The third-order valence-electron chi connectivity index (χ3n) is 5.97. The molecular weight excluding hydrogens is 470 g/mol. The van der Waals surface area contributed by atoms with Crippen molar-refractivity contribution >= 4 is 39.2 Å². The summed E-state index contributed by atoms with van der Waals surface area (Å²) in [6.45, 7) is 1.03. The Morgan fingerprint density at radius 3 is 2.45 bits per heavy atom. The number of piperidine rings is 1. The molecule has 0 N–H and O–H groups in total. The van der Waals surface area contributed by atoms with Crippen molar-refractivity contribution < 1.29 is 23.2 Å². The number of Topliss-reactive ketones (excluding diaryl/α,β-unsaturated/α-hetero) is 1. The normalized spacial score (nSPS) is 19.7. The number of anilines is 1. The van der Waals surface area contributed by atoms with E-state index in [0.29, 0.717) is 32.5 Å².